The fourth-order valence-electron chi connectivity index (χ4n) is 4.10. The summed E-state index contributed by atoms with van der Waals surface area (Å²) in [7, 11) is -0.314. The molecule has 0 aliphatic carbocycles. The van der Waals surface area contributed by atoms with Crippen molar-refractivity contribution in [3.8, 4) is 0 Å². The topological polar surface area (TPSA) is 111 Å². The molecular weight excluding hydrogens is 387 g/mol. The Bertz CT molecular complexity index is 632. The molecule has 8 nitrogen and oxygen atoms in total. The lowest BCUT2D eigenvalue weighted by atomic mass is 9.77. The highest BCUT2D eigenvalue weighted by molar-refractivity contribution is 6.45. The molecule has 9 heteroatoms. The summed E-state index contributed by atoms with van der Waals surface area (Å²) in [5.74, 6) is -1.03. The molecule has 3 N–H and O–H groups in total. The summed E-state index contributed by atoms with van der Waals surface area (Å²) in [5.41, 5.74) is 3.30. The molecule has 2 aliphatic rings. The van der Waals surface area contributed by atoms with E-state index in [0.29, 0.717) is 25.6 Å². The Morgan fingerprint density at radius 1 is 1.17 bits per heavy atom. The highest BCUT2D eigenvalue weighted by atomic mass is 16.7. The van der Waals surface area contributed by atoms with Gasteiger partial charge < -0.3 is 24.9 Å². The fourth-order valence-corrected chi connectivity index (χ4v) is 4.10. The lowest BCUT2D eigenvalue weighted by Gasteiger charge is -2.46. The second-order valence-electron chi connectivity index (χ2n) is 10.7. The van der Waals surface area contributed by atoms with Gasteiger partial charge in [0.25, 0.3) is 0 Å². The largest absolute Gasteiger partial charge is 0.479 e. The Morgan fingerprint density at radius 2 is 1.73 bits per heavy atom. The van der Waals surface area contributed by atoms with Crippen molar-refractivity contribution >= 4 is 19.2 Å². The summed E-state index contributed by atoms with van der Waals surface area (Å²) in [6.45, 7) is 13.6. The first-order valence-electron chi connectivity index (χ1n) is 10.9. The van der Waals surface area contributed by atoms with Crippen LogP contribution in [0.1, 0.15) is 80.6 Å². The summed E-state index contributed by atoms with van der Waals surface area (Å²) in [4.78, 5) is 26.5. The maximum Gasteiger partial charge on any atom is 0.457 e. The molecule has 0 aromatic heterocycles. The van der Waals surface area contributed by atoms with Crippen LogP contribution in [-0.2, 0) is 18.8 Å². The fraction of sp³-hybridized carbons (Fsp3) is 0.905. The molecule has 172 valence electrons. The van der Waals surface area contributed by atoms with Gasteiger partial charge in [0, 0.05) is 12.6 Å². The minimum Gasteiger partial charge on any atom is -0.479 e. The van der Waals surface area contributed by atoms with E-state index in [1.165, 1.54) is 4.90 Å². The van der Waals surface area contributed by atoms with E-state index in [-0.39, 0.29) is 37.3 Å². The monoisotopic (exact) mass is 426 g/mol. The molecule has 2 rings (SSSR count). The van der Waals surface area contributed by atoms with E-state index in [9.17, 15) is 14.7 Å². The van der Waals surface area contributed by atoms with E-state index in [1.54, 1.807) is 20.8 Å². The van der Waals surface area contributed by atoms with Crippen molar-refractivity contribution in [3.05, 3.63) is 0 Å². The van der Waals surface area contributed by atoms with Crippen LogP contribution in [0.25, 0.3) is 0 Å². The number of likely N-dealkylation sites (tertiary alicyclic amines) is 1. The highest BCUT2D eigenvalue weighted by Crippen LogP contribution is 2.39. The molecule has 0 aromatic carbocycles. The summed E-state index contributed by atoms with van der Waals surface area (Å²) in [6.07, 6.45) is 2.50. The maximum absolute atomic E-state index is 12.8. The standard InChI is InChI=1S/C21H39BN2O6/c1-18(2,3)28-17(27)24-13-10-15(23)14-21(24,16(25)26)11-8-9-12-22-29-19(4,5)20(6,7)30-22/h15H,8-14,23H2,1-7H3,(H,25,26)/t15-,21+/m0/s1. The minimum absolute atomic E-state index is 0.220. The lowest BCUT2D eigenvalue weighted by Crippen LogP contribution is -2.63. The van der Waals surface area contributed by atoms with E-state index >= 15 is 0 Å². The number of amides is 1. The van der Waals surface area contributed by atoms with E-state index in [4.69, 9.17) is 19.8 Å². The Balaban J connectivity index is 2.04. The maximum atomic E-state index is 12.8. The number of hydrogen-bond donors (Lipinski definition) is 2. The molecule has 0 bridgehead atoms. The molecule has 1 amide bonds. The van der Waals surface area contributed by atoms with Crippen molar-refractivity contribution in [1.82, 2.24) is 4.90 Å². The van der Waals surface area contributed by atoms with E-state index in [0.717, 1.165) is 6.42 Å². The third-order valence-corrected chi connectivity index (χ3v) is 6.43. The van der Waals surface area contributed by atoms with Gasteiger partial charge >= 0.3 is 19.2 Å². The zero-order valence-corrected chi connectivity index (χ0v) is 19.6. The van der Waals surface area contributed by atoms with Crippen LogP contribution in [0.3, 0.4) is 0 Å². The van der Waals surface area contributed by atoms with Gasteiger partial charge in [-0.3, -0.25) is 4.90 Å². The second-order valence-corrected chi connectivity index (χ2v) is 10.7. The predicted octanol–water partition coefficient (Wildman–Crippen LogP) is 3.43. The minimum atomic E-state index is -1.35. The molecule has 2 heterocycles. The van der Waals surface area contributed by atoms with Crippen molar-refractivity contribution in [2.75, 3.05) is 6.54 Å². The van der Waals surface area contributed by atoms with Crippen LogP contribution in [0.15, 0.2) is 0 Å². The van der Waals surface area contributed by atoms with Crippen molar-refractivity contribution in [2.24, 2.45) is 5.73 Å². The Morgan fingerprint density at radius 3 is 2.23 bits per heavy atom. The van der Waals surface area contributed by atoms with Crippen molar-refractivity contribution in [3.63, 3.8) is 0 Å². The van der Waals surface area contributed by atoms with Crippen molar-refractivity contribution in [1.29, 1.82) is 0 Å². The number of piperidine rings is 1. The number of unbranched alkanes of at least 4 members (excludes halogenated alkanes) is 1. The van der Waals surface area contributed by atoms with Gasteiger partial charge in [0.2, 0.25) is 0 Å². The molecule has 0 aromatic rings. The number of aliphatic carboxylic acids is 1. The van der Waals surface area contributed by atoms with Gasteiger partial charge in [-0.2, -0.15) is 0 Å². The average Bonchev–Trinajstić information content (AvgIpc) is 2.76. The van der Waals surface area contributed by atoms with Gasteiger partial charge in [-0.05, 0) is 74.0 Å². The summed E-state index contributed by atoms with van der Waals surface area (Å²) in [5, 5.41) is 10.1. The first-order chi connectivity index (χ1) is 13.6. The summed E-state index contributed by atoms with van der Waals surface area (Å²) >= 11 is 0. The van der Waals surface area contributed by atoms with Gasteiger partial charge in [0.05, 0.1) is 11.2 Å². The number of carbonyl (C=O) groups is 2. The molecule has 2 aliphatic heterocycles. The number of nitrogens with zero attached hydrogens (tertiary/aromatic N) is 1. The van der Waals surface area contributed by atoms with E-state index < -0.39 is 23.2 Å². The normalized spacial score (nSPS) is 28.5. The van der Waals surface area contributed by atoms with Crippen molar-refractivity contribution < 1.29 is 28.7 Å². The number of carboxylic acid groups (broad SMARTS) is 1. The molecule has 2 fully saturated rings. The third kappa shape index (κ3) is 5.48. The number of carboxylic acids is 1. The van der Waals surface area contributed by atoms with Gasteiger partial charge in [-0.15, -0.1) is 0 Å². The first-order valence-corrected chi connectivity index (χ1v) is 10.9. The number of nitrogens with two attached hydrogens (primary N) is 1. The predicted molar refractivity (Wildman–Crippen MR) is 115 cm³/mol. The zero-order valence-electron chi connectivity index (χ0n) is 19.6. The van der Waals surface area contributed by atoms with Crippen LogP contribution in [0.4, 0.5) is 4.79 Å². The van der Waals surface area contributed by atoms with Gasteiger partial charge in [-0.1, -0.05) is 12.8 Å². The quantitative estimate of drug-likeness (QED) is 0.494. The third-order valence-electron chi connectivity index (χ3n) is 6.43. The Labute approximate surface area is 180 Å². The zero-order chi connectivity index (χ0) is 23.0. The van der Waals surface area contributed by atoms with Gasteiger partial charge in [-0.25, -0.2) is 9.59 Å². The molecule has 0 saturated carbocycles. The summed E-state index contributed by atoms with van der Waals surface area (Å²) in [6, 6.07) is -0.261. The Kier molecular flexibility index (Phi) is 7.21. The smallest absolute Gasteiger partial charge is 0.457 e. The first kappa shape index (κ1) is 24.9. The SMILES string of the molecule is CC(C)(C)OC(=O)N1CC[C@H](N)C[C@]1(CCCCB1OC(C)(C)C(C)(C)O1)C(=O)O. The van der Waals surface area contributed by atoms with E-state index in [2.05, 4.69) is 0 Å². The van der Waals surface area contributed by atoms with Crippen LogP contribution in [0, 0.1) is 0 Å². The molecule has 0 spiro atoms. The van der Waals surface area contributed by atoms with Crippen molar-refractivity contribution in [2.45, 2.75) is 115 Å². The number of ether oxygens (including phenoxy) is 1. The molecule has 30 heavy (non-hydrogen) atoms. The van der Waals surface area contributed by atoms with E-state index in [1.807, 2.05) is 27.7 Å². The number of hydrogen-bond acceptors (Lipinski definition) is 6. The van der Waals surface area contributed by atoms with Crippen LogP contribution in [-0.4, -0.2) is 64.1 Å². The molecule has 2 saturated heterocycles. The lowest BCUT2D eigenvalue weighted by molar-refractivity contribution is -0.155. The molecule has 2 atom stereocenters. The molecule has 0 radical (unpaired) electrons. The van der Waals surface area contributed by atoms with Crippen LogP contribution >= 0.6 is 0 Å². The van der Waals surface area contributed by atoms with Gasteiger partial charge in [0.1, 0.15) is 11.1 Å². The highest BCUT2D eigenvalue weighted by Gasteiger charge is 2.52. The summed E-state index contributed by atoms with van der Waals surface area (Å²) < 4.78 is 17.5. The number of carbonyl (C=O) groups excluding carboxylic acids is 1. The molecule has 0 unspecified atom stereocenters. The van der Waals surface area contributed by atoms with Crippen LogP contribution in [0.2, 0.25) is 6.32 Å². The van der Waals surface area contributed by atoms with Crippen LogP contribution in [0.5, 0.6) is 0 Å². The van der Waals surface area contributed by atoms with Crippen LogP contribution < -0.4 is 5.73 Å². The van der Waals surface area contributed by atoms with Gasteiger partial charge in [0.15, 0.2) is 0 Å². The Hall–Kier alpha value is -1.32. The number of rotatable bonds is 6. The second kappa shape index (κ2) is 8.67. The average molecular weight is 426 g/mol. The molecular formula is C21H39BN2O6.